The second kappa shape index (κ2) is 6.83. The predicted octanol–water partition coefficient (Wildman–Crippen LogP) is 2.73. The smallest absolute Gasteiger partial charge is 0.123 e. The van der Waals surface area contributed by atoms with Gasteiger partial charge in [-0.2, -0.15) is 0 Å². The van der Waals surface area contributed by atoms with E-state index in [9.17, 15) is 4.39 Å². The number of ether oxygens (including phenoxy) is 1. The molecule has 1 fully saturated rings. The van der Waals surface area contributed by atoms with Gasteiger partial charge in [-0.3, -0.25) is 4.90 Å². The van der Waals surface area contributed by atoms with Crippen molar-refractivity contribution >= 4 is 0 Å². The van der Waals surface area contributed by atoms with Crippen LogP contribution in [0, 0.1) is 5.82 Å². The van der Waals surface area contributed by atoms with Gasteiger partial charge in [0, 0.05) is 25.8 Å². The number of hydrogen-bond acceptors (Lipinski definition) is 3. The van der Waals surface area contributed by atoms with Crippen molar-refractivity contribution in [1.82, 2.24) is 14.9 Å². The molecule has 1 aromatic carbocycles. The van der Waals surface area contributed by atoms with Crippen LogP contribution in [0.4, 0.5) is 4.39 Å². The number of piperidine rings is 1. The molecule has 1 aromatic heterocycles. The Hall–Kier alpha value is -1.72. The molecule has 0 amide bonds. The molecule has 112 valence electrons. The van der Waals surface area contributed by atoms with E-state index in [0.29, 0.717) is 12.7 Å². The van der Waals surface area contributed by atoms with Gasteiger partial charge in [0.1, 0.15) is 5.82 Å². The van der Waals surface area contributed by atoms with Gasteiger partial charge in [-0.15, -0.1) is 0 Å². The van der Waals surface area contributed by atoms with Gasteiger partial charge in [-0.1, -0.05) is 12.1 Å². The maximum Gasteiger partial charge on any atom is 0.123 e. The number of aromatic amines is 1. The molecule has 5 heteroatoms. The summed E-state index contributed by atoms with van der Waals surface area (Å²) in [7, 11) is 0. The molecule has 1 aliphatic heterocycles. The maximum absolute atomic E-state index is 12.9. The van der Waals surface area contributed by atoms with Gasteiger partial charge in [0.15, 0.2) is 0 Å². The lowest BCUT2D eigenvalue weighted by molar-refractivity contribution is -0.00511. The summed E-state index contributed by atoms with van der Waals surface area (Å²) in [6.07, 6.45) is 5.91. The molecule has 0 saturated carbocycles. The van der Waals surface area contributed by atoms with E-state index in [4.69, 9.17) is 4.74 Å². The molecule has 1 N–H and O–H groups in total. The van der Waals surface area contributed by atoms with Gasteiger partial charge in [-0.05, 0) is 30.5 Å². The Morgan fingerprint density at radius 3 is 2.67 bits per heavy atom. The summed E-state index contributed by atoms with van der Waals surface area (Å²) in [4.78, 5) is 9.48. The SMILES string of the molecule is Fc1ccc(CN2CCC(OCc3c[nH]cn3)CC2)cc1. The quantitative estimate of drug-likeness (QED) is 0.920. The third-order valence-electron chi connectivity index (χ3n) is 3.88. The summed E-state index contributed by atoms with van der Waals surface area (Å²) in [5, 5.41) is 0. The van der Waals surface area contributed by atoms with Crippen LogP contribution in [0.5, 0.6) is 0 Å². The van der Waals surface area contributed by atoms with E-state index < -0.39 is 0 Å². The van der Waals surface area contributed by atoms with E-state index in [1.54, 1.807) is 6.33 Å². The number of aromatic nitrogens is 2. The van der Waals surface area contributed by atoms with E-state index in [2.05, 4.69) is 14.9 Å². The number of H-pyrrole nitrogens is 1. The minimum atomic E-state index is -0.177. The Kier molecular flexibility index (Phi) is 4.62. The van der Waals surface area contributed by atoms with Crippen molar-refractivity contribution in [3.8, 4) is 0 Å². The molecule has 0 radical (unpaired) electrons. The van der Waals surface area contributed by atoms with Crippen molar-refractivity contribution in [2.45, 2.75) is 32.1 Å². The molecule has 0 spiro atoms. The predicted molar refractivity (Wildman–Crippen MR) is 78.1 cm³/mol. The summed E-state index contributed by atoms with van der Waals surface area (Å²) in [6.45, 7) is 3.49. The van der Waals surface area contributed by atoms with E-state index in [-0.39, 0.29) is 5.82 Å². The van der Waals surface area contributed by atoms with Crippen molar-refractivity contribution in [3.63, 3.8) is 0 Å². The highest BCUT2D eigenvalue weighted by Gasteiger charge is 2.19. The Labute approximate surface area is 124 Å². The topological polar surface area (TPSA) is 41.1 Å². The third kappa shape index (κ3) is 4.12. The highest BCUT2D eigenvalue weighted by atomic mass is 19.1. The first kappa shape index (κ1) is 14.2. The summed E-state index contributed by atoms with van der Waals surface area (Å²) < 4.78 is 18.8. The number of rotatable bonds is 5. The second-order valence-corrected chi connectivity index (χ2v) is 5.47. The highest BCUT2D eigenvalue weighted by Crippen LogP contribution is 2.17. The first-order valence-electron chi connectivity index (χ1n) is 7.35. The Bertz CT molecular complexity index is 533. The fourth-order valence-corrected chi connectivity index (χ4v) is 2.66. The van der Waals surface area contributed by atoms with Crippen LogP contribution in [-0.2, 0) is 17.9 Å². The zero-order valence-electron chi connectivity index (χ0n) is 12.0. The lowest BCUT2D eigenvalue weighted by atomic mass is 10.1. The van der Waals surface area contributed by atoms with Crippen molar-refractivity contribution in [3.05, 3.63) is 53.9 Å². The third-order valence-corrected chi connectivity index (χ3v) is 3.88. The average Bonchev–Trinajstić information content (AvgIpc) is 3.02. The van der Waals surface area contributed by atoms with Crippen molar-refractivity contribution in [2.75, 3.05) is 13.1 Å². The monoisotopic (exact) mass is 289 g/mol. The Morgan fingerprint density at radius 1 is 1.24 bits per heavy atom. The molecule has 0 atom stereocenters. The minimum Gasteiger partial charge on any atom is -0.372 e. The molecule has 2 heterocycles. The highest BCUT2D eigenvalue weighted by molar-refractivity contribution is 5.15. The van der Waals surface area contributed by atoms with Crippen molar-refractivity contribution in [2.24, 2.45) is 0 Å². The molecule has 4 nitrogen and oxygen atoms in total. The summed E-state index contributed by atoms with van der Waals surface area (Å²) >= 11 is 0. The van der Waals surface area contributed by atoms with Crippen LogP contribution in [0.2, 0.25) is 0 Å². The number of nitrogens with zero attached hydrogens (tertiary/aromatic N) is 2. The van der Waals surface area contributed by atoms with Gasteiger partial charge < -0.3 is 9.72 Å². The van der Waals surface area contributed by atoms with E-state index in [1.165, 1.54) is 12.1 Å². The Morgan fingerprint density at radius 2 is 2.00 bits per heavy atom. The van der Waals surface area contributed by atoms with Gasteiger partial charge in [0.2, 0.25) is 0 Å². The van der Waals surface area contributed by atoms with Crippen molar-refractivity contribution < 1.29 is 9.13 Å². The first-order chi connectivity index (χ1) is 10.3. The van der Waals surface area contributed by atoms with Gasteiger partial charge in [0.05, 0.1) is 24.7 Å². The standard InChI is InChI=1S/C16H20FN3O/c17-14-3-1-13(2-4-14)10-20-7-5-16(6-8-20)21-11-15-9-18-12-19-15/h1-4,9,12,16H,5-8,10-11H2,(H,18,19). The average molecular weight is 289 g/mol. The Balaban J connectivity index is 1.41. The molecule has 3 rings (SSSR count). The molecule has 0 bridgehead atoms. The second-order valence-electron chi connectivity index (χ2n) is 5.47. The van der Waals surface area contributed by atoms with Crippen LogP contribution in [0.15, 0.2) is 36.8 Å². The van der Waals surface area contributed by atoms with Crippen LogP contribution in [0.3, 0.4) is 0 Å². The van der Waals surface area contributed by atoms with Crippen LogP contribution in [0.1, 0.15) is 24.1 Å². The molecule has 0 unspecified atom stereocenters. The summed E-state index contributed by atoms with van der Waals surface area (Å²) in [5.41, 5.74) is 2.11. The van der Waals surface area contributed by atoms with Crippen LogP contribution in [0.25, 0.3) is 0 Å². The van der Waals surface area contributed by atoms with Crippen LogP contribution >= 0.6 is 0 Å². The summed E-state index contributed by atoms with van der Waals surface area (Å²) in [6, 6.07) is 6.76. The molecular formula is C16H20FN3O. The zero-order valence-corrected chi connectivity index (χ0v) is 12.0. The normalized spacial score (nSPS) is 17.2. The fraction of sp³-hybridized carbons (Fsp3) is 0.438. The number of imidazole rings is 1. The number of nitrogens with one attached hydrogen (secondary N) is 1. The van der Waals surface area contributed by atoms with Gasteiger partial charge >= 0.3 is 0 Å². The molecule has 0 aliphatic carbocycles. The first-order valence-corrected chi connectivity index (χ1v) is 7.35. The lowest BCUT2D eigenvalue weighted by Gasteiger charge is -2.31. The fourth-order valence-electron chi connectivity index (χ4n) is 2.66. The zero-order chi connectivity index (χ0) is 14.5. The van der Waals surface area contributed by atoms with E-state index in [0.717, 1.165) is 43.7 Å². The molecular weight excluding hydrogens is 269 g/mol. The van der Waals surface area contributed by atoms with Gasteiger partial charge in [-0.25, -0.2) is 9.37 Å². The molecule has 1 aliphatic rings. The lowest BCUT2D eigenvalue weighted by Crippen LogP contribution is -2.36. The number of likely N-dealkylation sites (tertiary alicyclic amines) is 1. The number of hydrogen-bond donors (Lipinski definition) is 1. The van der Waals surface area contributed by atoms with E-state index >= 15 is 0 Å². The molecule has 2 aromatic rings. The summed E-state index contributed by atoms with van der Waals surface area (Å²) in [5.74, 6) is -0.177. The minimum absolute atomic E-state index is 0.177. The van der Waals surface area contributed by atoms with E-state index in [1.807, 2.05) is 18.3 Å². The maximum atomic E-state index is 12.9. The largest absolute Gasteiger partial charge is 0.372 e. The van der Waals surface area contributed by atoms with Crippen LogP contribution in [-0.4, -0.2) is 34.1 Å². The van der Waals surface area contributed by atoms with Crippen LogP contribution < -0.4 is 0 Å². The van der Waals surface area contributed by atoms with Crippen molar-refractivity contribution in [1.29, 1.82) is 0 Å². The molecule has 21 heavy (non-hydrogen) atoms. The molecule has 1 saturated heterocycles. The van der Waals surface area contributed by atoms with Gasteiger partial charge in [0.25, 0.3) is 0 Å². The number of benzene rings is 1. The number of halogens is 1.